The molecule has 0 aromatic carbocycles. The monoisotopic (exact) mass is 236 g/mol. The number of aliphatic hydroxyl groups excluding tert-OH is 1. The Morgan fingerprint density at radius 2 is 2.24 bits per heavy atom. The van der Waals surface area contributed by atoms with Gasteiger partial charge in [-0.25, -0.2) is 0 Å². The van der Waals surface area contributed by atoms with Crippen LogP contribution in [-0.4, -0.2) is 28.6 Å². The SMILES string of the molecule is CC(C)(C)CC(CO)NC(=O)c1cccnc1. The minimum absolute atomic E-state index is 0.0523. The van der Waals surface area contributed by atoms with Crippen LogP contribution in [0.25, 0.3) is 0 Å². The maximum atomic E-state index is 11.8. The topological polar surface area (TPSA) is 62.2 Å². The third-order valence-electron chi connectivity index (χ3n) is 2.34. The first-order chi connectivity index (χ1) is 7.92. The standard InChI is InChI=1S/C13H20N2O2/c1-13(2,3)7-11(9-16)15-12(17)10-5-4-6-14-8-10/h4-6,8,11,16H,7,9H2,1-3H3,(H,15,17). The van der Waals surface area contributed by atoms with Gasteiger partial charge in [-0.05, 0) is 24.0 Å². The molecule has 0 spiro atoms. The van der Waals surface area contributed by atoms with E-state index in [2.05, 4.69) is 31.1 Å². The highest BCUT2D eigenvalue weighted by molar-refractivity contribution is 5.93. The predicted molar refractivity (Wildman–Crippen MR) is 66.6 cm³/mol. The molecule has 4 nitrogen and oxygen atoms in total. The fourth-order valence-corrected chi connectivity index (χ4v) is 1.67. The molecule has 0 aliphatic heterocycles. The second kappa shape index (κ2) is 5.77. The largest absolute Gasteiger partial charge is 0.394 e. The number of nitrogens with zero attached hydrogens (tertiary/aromatic N) is 1. The highest BCUT2D eigenvalue weighted by Gasteiger charge is 2.20. The Hall–Kier alpha value is -1.42. The number of hydrogen-bond acceptors (Lipinski definition) is 3. The number of aromatic nitrogens is 1. The number of hydrogen-bond donors (Lipinski definition) is 2. The lowest BCUT2D eigenvalue weighted by atomic mass is 9.88. The van der Waals surface area contributed by atoms with Gasteiger partial charge in [0.25, 0.3) is 5.91 Å². The van der Waals surface area contributed by atoms with E-state index < -0.39 is 0 Å². The molecule has 1 aromatic heterocycles. The van der Waals surface area contributed by atoms with Gasteiger partial charge in [0.2, 0.25) is 0 Å². The van der Waals surface area contributed by atoms with Crippen molar-refractivity contribution in [3.05, 3.63) is 30.1 Å². The predicted octanol–water partition coefficient (Wildman–Crippen LogP) is 1.61. The molecule has 0 saturated carbocycles. The Labute approximate surface area is 102 Å². The Morgan fingerprint density at radius 3 is 2.71 bits per heavy atom. The van der Waals surface area contributed by atoms with E-state index in [0.717, 1.165) is 6.42 Å². The van der Waals surface area contributed by atoms with Gasteiger partial charge in [0, 0.05) is 12.4 Å². The van der Waals surface area contributed by atoms with Gasteiger partial charge in [0.05, 0.1) is 18.2 Å². The van der Waals surface area contributed by atoms with E-state index in [9.17, 15) is 9.90 Å². The Kier molecular flexibility index (Phi) is 4.63. The van der Waals surface area contributed by atoms with Crippen molar-refractivity contribution in [2.24, 2.45) is 5.41 Å². The van der Waals surface area contributed by atoms with Crippen LogP contribution < -0.4 is 5.32 Å². The lowest BCUT2D eigenvalue weighted by molar-refractivity contribution is 0.0897. The van der Waals surface area contributed by atoms with Crippen LogP contribution in [0.3, 0.4) is 0 Å². The smallest absolute Gasteiger partial charge is 0.253 e. The minimum Gasteiger partial charge on any atom is -0.394 e. The van der Waals surface area contributed by atoms with Crippen molar-refractivity contribution in [1.82, 2.24) is 10.3 Å². The number of carbonyl (C=O) groups excluding carboxylic acids is 1. The average Bonchev–Trinajstić information content (AvgIpc) is 2.27. The molecule has 0 saturated heterocycles. The fraction of sp³-hybridized carbons (Fsp3) is 0.538. The lowest BCUT2D eigenvalue weighted by Crippen LogP contribution is -2.40. The van der Waals surface area contributed by atoms with E-state index in [1.54, 1.807) is 18.3 Å². The molecule has 1 rings (SSSR count). The highest BCUT2D eigenvalue weighted by Crippen LogP contribution is 2.20. The third-order valence-corrected chi connectivity index (χ3v) is 2.34. The third kappa shape index (κ3) is 4.95. The maximum absolute atomic E-state index is 11.8. The molecule has 1 heterocycles. The zero-order valence-corrected chi connectivity index (χ0v) is 10.6. The summed E-state index contributed by atoms with van der Waals surface area (Å²) in [5, 5.41) is 12.1. The molecular weight excluding hydrogens is 216 g/mol. The first-order valence-corrected chi connectivity index (χ1v) is 5.74. The highest BCUT2D eigenvalue weighted by atomic mass is 16.3. The summed E-state index contributed by atoms with van der Waals surface area (Å²) in [5.74, 6) is -0.193. The van der Waals surface area contributed by atoms with E-state index in [-0.39, 0.29) is 24.0 Å². The van der Waals surface area contributed by atoms with Crippen LogP contribution in [-0.2, 0) is 0 Å². The van der Waals surface area contributed by atoms with Gasteiger partial charge >= 0.3 is 0 Å². The normalized spacial score (nSPS) is 13.2. The second-order valence-corrected chi connectivity index (χ2v) is 5.36. The van der Waals surface area contributed by atoms with Crippen LogP contribution in [0.2, 0.25) is 0 Å². The van der Waals surface area contributed by atoms with Crippen molar-refractivity contribution in [3.63, 3.8) is 0 Å². The average molecular weight is 236 g/mol. The fourth-order valence-electron chi connectivity index (χ4n) is 1.67. The van der Waals surface area contributed by atoms with Gasteiger partial charge in [-0.1, -0.05) is 20.8 Å². The number of pyridine rings is 1. The van der Waals surface area contributed by atoms with E-state index >= 15 is 0 Å². The van der Waals surface area contributed by atoms with Crippen LogP contribution in [0.5, 0.6) is 0 Å². The first kappa shape index (κ1) is 13.6. The van der Waals surface area contributed by atoms with Gasteiger partial charge in [-0.15, -0.1) is 0 Å². The number of nitrogens with one attached hydrogen (secondary N) is 1. The molecule has 2 N–H and O–H groups in total. The Balaban J connectivity index is 2.60. The molecule has 1 atom stereocenters. The zero-order valence-electron chi connectivity index (χ0n) is 10.6. The van der Waals surface area contributed by atoms with Gasteiger partial charge in [0.15, 0.2) is 0 Å². The lowest BCUT2D eigenvalue weighted by Gasteiger charge is -2.25. The quantitative estimate of drug-likeness (QED) is 0.835. The molecule has 4 heteroatoms. The van der Waals surface area contributed by atoms with Crippen molar-refractivity contribution >= 4 is 5.91 Å². The van der Waals surface area contributed by atoms with Crippen LogP contribution in [0.4, 0.5) is 0 Å². The summed E-state index contributed by atoms with van der Waals surface area (Å²) in [6, 6.07) is 3.20. The van der Waals surface area contributed by atoms with Gasteiger partial charge < -0.3 is 10.4 Å². The van der Waals surface area contributed by atoms with E-state index in [1.165, 1.54) is 6.20 Å². The molecule has 17 heavy (non-hydrogen) atoms. The maximum Gasteiger partial charge on any atom is 0.253 e. The summed E-state index contributed by atoms with van der Waals surface area (Å²) in [5.41, 5.74) is 0.579. The molecule has 1 unspecified atom stereocenters. The molecule has 0 aliphatic carbocycles. The van der Waals surface area contributed by atoms with Crippen molar-refractivity contribution in [2.45, 2.75) is 33.2 Å². The minimum atomic E-state index is -0.220. The number of rotatable bonds is 4. The van der Waals surface area contributed by atoms with E-state index in [0.29, 0.717) is 5.56 Å². The van der Waals surface area contributed by atoms with Crippen LogP contribution in [0, 0.1) is 5.41 Å². The molecule has 0 radical (unpaired) electrons. The van der Waals surface area contributed by atoms with E-state index in [1.807, 2.05) is 0 Å². The summed E-state index contributed by atoms with van der Waals surface area (Å²) in [6.07, 6.45) is 3.87. The first-order valence-electron chi connectivity index (χ1n) is 5.74. The van der Waals surface area contributed by atoms with E-state index in [4.69, 9.17) is 0 Å². The molecule has 1 aromatic rings. The Morgan fingerprint density at radius 1 is 1.53 bits per heavy atom. The summed E-state index contributed by atoms with van der Waals surface area (Å²) < 4.78 is 0. The van der Waals surface area contributed by atoms with Crippen molar-refractivity contribution in [1.29, 1.82) is 0 Å². The summed E-state index contributed by atoms with van der Waals surface area (Å²) in [7, 11) is 0. The van der Waals surface area contributed by atoms with Crippen molar-refractivity contribution < 1.29 is 9.90 Å². The number of carbonyl (C=O) groups is 1. The summed E-state index contributed by atoms with van der Waals surface area (Å²) in [4.78, 5) is 15.7. The number of aliphatic hydroxyl groups is 1. The molecule has 94 valence electrons. The molecule has 1 amide bonds. The second-order valence-electron chi connectivity index (χ2n) is 5.36. The van der Waals surface area contributed by atoms with Crippen LogP contribution in [0.15, 0.2) is 24.5 Å². The molecule has 0 aliphatic rings. The Bertz CT molecular complexity index is 357. The zero-order chi connectivity index (χ0) is 12.9. The van der Waals surface area contributed by atoms with Gasteiger partial charge in [0.1, 0.15) is 0 Å². The summed E-state index contributed by atoms with van der Waals surface area (Å²) in [6.45, 7) is 6.17. The van der Waals surface area contributed by atoms with Crippen LogP contribution in [0.1, 0.15) is 37.6 Å². The van der Waals surface area contributed by atoms with Crippen molar-refractivity contribution in [3.8, 4) is 0 Å². The van der Waals surface area contributed by atoms with Crippen LogP contribution >= 0.6 is 0 Å². The van der Waals surface area contributed by atoms with Crippen molar-refractivity contribution in [2.75, 3.05) is 6.61 Å². The number of amides is 1. The van der Waals surface area contributed by atoms with Gasteiger partial charge in [-0.3, -0.25) is 9.78 Å². The molecule has 0 bridgehead atoms. The molecular formula is C13H20N2O2. The van der Waals surface area contributed by atoms with Gasteiger partial charge in [-0.2, -0.15) is 0 Å². The molecule has 0 fully saturated rings. The summed E-state index contributed by atoms with van der Waals surface area (Å²) >= 11 is 0.